The molecule has 3 heteroatoms. The van der Waals surface area contributed by atoms with E-state index in [0.29, 0.717) is 12.5 Å². The van der Waals surface area contributed by atoms with Crippen LogP contribution in [0.4, 0.5) is 0 Å². The molecule has 0 saturated carbocycles. The molecule has 2 rings (SSSR count). The van der Waals surface area contributed by atoms with Gasteiger partial charge in [-0.15, -0.1) is 11.3 Å². The lowest BCUT2D eigenvalue weighted by Crippen LogP contribution is -2.31. The van der Waals surface area contributed by atoms with E-state index in [2.05, 4.69) is 42.6 Å². The first-order valence-electron chi connectivity index (χ1n) is 6.48. The summed E-state index contributed by atoms with van der Waals surface area (Å²) < 4.78 is 1.32. The molecule has 2 atom stereocenters. The van der Waals surface area contributed by atoms with Crippen LogP contribution in [0.5, 0.6) is 0 Å². The topological polar surface area (TPSA) is 32.3 Å². The minimum absolute atomic E-state index is 0.276. The number of rotatable bonds is 5. The van der Waals surface area contributed by atoms with Crippen molar-refractivity contribution in [3.63, 3.8) is 0 Å². The summed E-state index contributed by atoms with van der Waals surface area (Å²) in [4.78, 5) is 1.33. The summed E-state index contributed by atoms with van der Waals surface area (Å²) in [5.41, 5.74) is 0. The second-order valence-electron chi connectivity index (χ2n) is 5.13. The van der Waals surface area contributed by atoms with Crippen LogP contribution in [-0.4, -0.2) is 17.8 Å². The highest BCUT2D eigenvalue weighted by Gasteiger charge is 2.13. The van der Waals surface area contributed by atoms with Crippen molar-refractivity contribution in [3.8, 4) is 0 Å². The van der Waals surface area contributed by atoms with E-state index in [9.17, 15) is 5.11 Å². The maximum absolute atomic E-state index is 9.80. The summed E-state index contributed by atoms with van der Waals surface area (Å²) in [6.45, 7) is 6.87. The number of hydrogen-bond acceptors (Lipinski definition) is 3. The quantitative estimate of drug-likeness (QED) is 0.864. The highest BCUT2D eigenvalue weighted by molar-refractivity contribution is 7.19. The van der Waals surface area contributed by atoms with Gasteiger partial charge in [-0.3, -0.25) is 0 Å². The van der Waals surface area contributed by atoms with Gasteiger partial charge in [-0.05, 0) is 30.4 Å². The summed E-state index contributed by atoms with van der Waals surface area (Å²) in [6.07, 6.45) is -0.276. The maximum Gasteiger partial charge on any atom is 0.0687 e. The normalized spacial score (nSPS) is 15.2. The molecule has 98 valence electrons. The van der Waals surface area contributed by atoms with Crippen LogP contribution in [0.15, 0.2) is 30.3 Å². The number of aliphatic hydroxyl groups is 1. The molecular formula is C15H21NOS. The van der Waals surface area contributed by atoms with E-state index in [0.717, 1.165) is 0 Å². The molecule has 2 N–H and O–H groups in total. The third kappa shape index (κ3) is 3.10. The van der Waals surface area contributed by atoms with Gasteiger partial charge in [0.15, 0.2) is 0 Å². The zero-order chi connectivity index (χ0) is 13.1. The highest BCUT2D eigenvalue weighted by atomic mass is 32.1. The maximum atomic E-state index is 9.80. The van der Waals surface area contributed by atoms with Gasteiger partial charge in [0, 0.05) is 22.2 Å². The fourth-order valence-corrected chi connectivity index (χ4v) is 2.94. The highest BCUT2D eigenvalue weighted by Crippen LogP contribution is 2.29. The summed E-state index contributed by atoms with van der Waals surface area (Å²) in [5.74, 6) is 0.298. The van der Waals surface area contributed by atoms with E-state index in [-0.39, 0.29) is 12.1 Å². The van der Waals surface area contributed by atoms with Crippen LogP contribution in [-0.2, 0) is 0 Å². The average molecular weight is 263 g/mol. The molecule has 0 spiro atoms. The zero-order valence-corrected chi connectivity index (χ0v) is 12.0. The molecule has 2 aromatic rings. The van der Waals surface area contributed by atoms with Crippen molar-refractivity contribution in [3.05, 3.63) is 35.2 Å². The number of aliphatic hydroxyl groups excluding tert-OH is 1. The zero-order valence-electron chi connectivity index (χ0n) is 11.2. The van der Waals surface area contributed by atoms with Crippen molar-refractivity contribution in [1.82, 2.24) is 5.32 Å². The standard InChI is InChI=1S/C15H21NOS/c1-10(2)13(17)9-16-11(3)15-8-12-6-4-5-7-14(12)18-15/h4-8,10-11,13,16-17H,9H2,1-3H3. The van der Waals surface area contributed by atoms with E-state index in [4.69, 9.17) is 0 Å². The fraction of sp³-hybridized carbons (Fsp3) is 0.467. The van der Waals surface area contributed by atoms with Crippen LogP contribution >= 0.6 is 11.3 Å². The Morgan fingerprint density at radius 3 is 2.61 bits per heavy atom. The van der Waals surface area contributed by atoms with E-state index in [1.165, 1.54) is 15.0 Å². The first-order chi connectivity index (χ1) is 8.58. The predicted octanol–water partition coefficient (Wildman–Crippen LogP) is 3.57. The number of nitrogens with one attached hydrogen (secondary N) is 1. The van der Waals surface area contributed by atoms with Gasteiger partial charge in [-0.2, -0.15) is 0 Å². The molecule has 0 fully saturated rings. The number of hydrogen-bond donors (Lipinski definition) is 2. The van der Waals surface area contributed by atoms with E-state index in [1.54, 1.807) is 0 Å². The average Bonchev–Trinajstić information content (AvgIpc) is 2.79. The Morgan fingerprint density at radius 1 is 1.22 bits per heavy atom. The van der Waals surface area contributed by atoms with E-state index < -0.39 is 0 Å². The molecule has 18 heavy (non-hydrogen) atoms. The second kappa shape index (κ2) is 5.83. The van der Waals surface area contributed by atoms with Crippen LogP contribution < -0.4 is 5.32 Å². The molecule has 0 aliphatic rings. The molecule has 2 unspecified atom stereocenters. The minimum Gasteiger partial charge on any atom is -0.392 e. The van der Waals surface area contributed by atoms with Crippen LogP contribution in [0.3, 0.4) is 0 Å². The van der Waals surface area contributed by atoms with Gasteiger partial charge in [0.25, 0.3) is 0 Å². The van der Waals surface area contributed by atoms with Gasteiger partial charge in [0.05, 0.1) is 6.10 Å². The van der Waals surface area contributed by atoms with Crippen LogP contribution in [0.2, 0.25) is 0 Å². The van der Waals surface area contributed by atoms with Gasteiger partial charge in [0.1, 0.15) is 0 Å². The summed E-state index contributed by atoms with van der Waals surface area (Å²) in [6, 6.07) is 11.0. The molecule has 1 heterocycles. The Hall–Kier alpha value is -0.900. The minimum atomic E-state index is -0.276. The van der Waals surface area contributed by atoms with Gasteiger partial charge in [-0.25, -0.2) is 0 Å². The Labute approximate surface area is 113 Å². The van der Waals surface area contributed by atoms with Crippen molar-refractivity contribution in [1.29, 1.82) is 0 Å². The lowest BCUT2D eigenvalue weighted by molar-refractivity contribution is 0.121. The smallest absolute Gasteiger partial charge is 0.0687 e. The molecule has 1 aromatic carbocycles. The molecule has 0 aliphatic heterocycles. The molecule has 0 aliphatic carbocycles. The monoisotopic (exact) mass is 263 g/mol. The van der Waals surface area contributed by atoms with Crippen LogP contribution in [0, 0.1) is 5.92 Å². The van der Waals surface area contributed by atoms with E-state index >= 15 is 0 Å². The summed E-state index contributed by atoms with van der Waals surface area (Å²) >= 11 is 1.82. The molecule has 0 amide bonds. The van der Waals surface area contributed by atoms with Gasteiger partial charge in [0.2, 0.25) is 0 Å². The summed E-state index contributed by atoms with van der Waals surface area (Å²) in [7, 11) is 0. The molecule has 0 radical (unpaired) electrons. The lowest BCUT2D eigenvalue weighted by atomic mass is 10.1. The summed E-state index contributed by atoms with van der Waals surface area (Å²) in [5, 5.41) is 14.5. The van der Waals surface area contributed by atoms with Gasteiger partial charge < -0.3 is 10.4 Å². The molecular weight excluding hydrogens is 242 g/mol. The third-order valence-corrected chi connectivity index (χ3v) is 4.57. The first kappa shape index (κ1) is 13.5. The number of fused-ring (bicyclic) bond motifs is 1. The van der Waals surface area contributed by atoms with Crippen molar-refractivity contribution in [2.24, 2.45) is 5.92 Å². The Morgan fingerprint density at radius 2 is 1.94 bits per heavy atom. The van der Waals surface area contributed by atoms with Crippen molar-refractivity contribution in [2.45, 2.75) is 32.9 Å². The van der Waals surface area contributed by atoms with Crippen molar-refractivity contribution >= 4 is 21.4 Å². The third-order valence-electron chi connectivity index (χ3n) is 3.27. The predicted molar refractivity (Wildman–Crippen MR) is 79.1 cm³/mol. The van der Waals surface area contributed by atoms with Gasteiger partial charge in [-0.1, -0.05) is 32.0 Å². The first-order valence-corrected chi connectivity index (χ1v) is 7.29. The van der Waals surface area contributed by atoms with Gasteiger partial charge >= 0.3 is 0 Å². The molecule has 1 aromatic heterocycles. The Kier molecular flexibility index (Phi) is 4.38. The molecule has 0 bridgehead atoms. The molecule has 2 nitrogen and oxygen atoms in total. The lowest BCUT2D eigenvalue weighted by Gasteiger charge is -2.18. The largest absolute Gasteiger partial charge is 0.392 e. The SMILES string of the molecule is CC(NCC(O)C(C)C)c1cc2ccccc2s1. The Bertz CT molecular complexity index is 473. The number of thiophene rings is 1. The van der Waals surface area contributed by atoms with Crippen LogP contribution in [0.1, 0.15) is 31.7 Å². The van der Waals surface area contributed by atoms with E-state index in [1.807, 2.05) is 25.2 Å². The van der Waals surface area contributed by atoms with Crippen molar-refractivity contribution < 1.29 is 5.11 Å². The van der Waals surface area contributed by atoms with Crippen molar-refractivity contribution in [2.75, 3.05) is 6.54 Å². The molecule has 0 saturated heterocycles. The Balaban J connectivity index is 2.02. The fourth-order valence-electron chi connectivity index (χ4n) is 1.85. The number of benzene rings is 1. The van der Waals surface area contributed by atoms with Crippen LogP contribution in [0.25, 0.3) is 10.1 Å². The second-order valence-corrected chi connectivity index (χ2v) is 6.24.